The summed E-state index contributed by atoms with van der Waals surface area (Å²) in [5, 5.41) is 0.645. The number of rotatable bonds is 3. The van der Waals surface area contributed by atoms with Crippen molar-refractivity contribution in [3.63, 3.8) is 0 Å². The standard InChI is InChI=1S/C14H14Cl4O2/c1-19-14(20-2)12(17)7-9(8-5-3-4-6-8)13(14,18)11(16)10(12)15/h3-6,8-9H,7H2,1-2H3. The Morgan fingerprint density at radius 1 is 1.05 bits per heavy atom. The molecule has 3 atom stereocenters. The lowest BCUT2D eigenvalue weighted by Crippen LogP contribution is -2.57. The van der Waals surface area contributed by atoms with Crippen LogP contribution < -0.4 is 0 Å². The number of ether oxygens (including phenoxy) is 2. The van der Waals surface area contributed by atoms with Crippen molar-refractivity contribution in [2.75, 3.05) is 14.2 Å². The first-order valence-electron chi connectivity index (χ1n) is 6.28. The Morgan fingerprint density at radius 3 is 2.05 bits per heavy atom. The average Bonchev–Trinajstić information content (AvgIpc) is 3.05. The fraction of sp³-hybridized carbons (Fsp3) is 0.571. The zero-order chi connectivity index (χ0) is 14.8. The van der Waals surface area contributed by atoms with Crippen LogP contribution in [-0.2, 0) is 9.47 Å². The molecule has 0 aliphatic heterocycles. The average molecular weight is 356 g/mol. The molecule has 1 fully saturated rings. The van der Waals surface area contributed by atoms with Gasteiger partial charge in [-0.1, -0.05) is 47.5 Å². The molecular formula is C14H14Cl4O2. The highest BCUT2D eigenvalue weighted by molar-refractivity contribution is 6.52. The van der Waals surface area contributed by atoms with E-state index in [1.165, 1.54) is 14.2 Å². The molecule has 110 valence electrons. The predicted molar refractivity (Wildman–Crippen MR) is 82.5 cm³/mol. The Kier molecular flexibility index (Phi) is 3.53. The van der Waals surface area contributed by atoms with Crippen LogP contribution in [0, 0.1) is 11.8 Å². The number of methoxy groups -OCH3 is 2. The summed E-state index contributed by atoms with van der Waals surface area (Å²) in [4.78, 5) is -2.16. The van der Waals surface area contributed by atoms with Gasteiger partial charge in [0, 0.05) is 26.1 Å². The van der Waals surface area contributed by atoms with Crippen LogP contribution in [-0.4, -0.2) is 29.8 Å². The fourth-order valence-electron chi connectivity index (χ4n) is 3.81. The highest BCUT2D eigenvalue weighted by Gasteiger charge is 2.81. The summed E-state index contributed by atoms with van der Waals surface area (Å²) in [6.07, 6.45) is 8.65. The number of hydrogen-bond acceptors (Lipinski definition) is 2. The van der Waals surface area contributed by atoms with Crippen molar-refractivity contribution >= 4 is 46.4 Å². The first-order chi connectivity index (χ1) is 9.39. The third-order valence-electron chi connectivity index (χ3n) is 4.69. The zero-order valence-corrected chi connectivity index (χ0v) is 14.0. The summed E-state index contributed by atoms with van der Waals surface area (Å²) in [6, 6.07) is 0. The van der Waals surface area contributed by atoms with Crippen LogP contribution in [0.15, 0.2) is 34.4 Å². The monoisotopic (exact) mass is 354 g/mol. The Morgan fingerprint density at radius 2 is 1.60 bits per heavy atom. The molecule has 0 heterocycles. The Labute approximate surface area is 138 Å². The van der Waals surface area contributed by atoms with Gasteiger partial charge in [-0.3, -0.25) is 0 Å². The zero-order valence-electron chi connectivity index (χ0n) is 11.0. The van der Waals surface area contributed by atoms with E-state index in [4.69, 9.17) is 55.9 Å². The van der Waals surface area contributed by atoms with E-state index < -0.39 is 15.5 Å². The maximum atomic E-state index is 6.92. The molecule has 0 amide bonds. The van der Waals surface area contributed by atoms with Gasteiger partial charge in [0.15, 0.2) is 0 Å². The summed E-state index contributed by atoms with van der Waals surface area (Å²) >= 11 is 26.5. The molecule has 0 aromatic carbocycles. The second-order valence-electron chi connectivity index (χ2n) is 5.32. The number of alkyl halides is 2. The van der Waals surface area contributed by atoms with E-state index in [0.29, 0.717) is 16.5 Å². The van der Waals surface area contributed by atoms with Gasteiger partial charge in [0.2, 0.25) is 5.79 Å². The molecule has 3 unspecified atom stereocenters. The van der Waals surface area contributed by atoms with Gasteiger partial charge in [0.1, 0.15) is 9.75 Å². The van der Waals surface area contributed by atoms with E-state index in [9.17, 15) is 0 Å². The predicted octanol–water partition coefficient (Wildman–Crippen LogP) is 4.40. The van der Waals surface area contributed by atoms with Crippen molar-refractivity contribution in [2.24, 2.45) is 11.8 Å². The molecule has 0 N–H and O–H groups in total. The van der Waals surface area contributed by atoms with Crippen molar-refractivity contribution in [1.29, 1.82) is 0 Å². The highest BCUT2D eigenvalue weighted by atomic mass is 35.5. The molecule has 6 heteroatoms. The number of halogens is 4. The van der Waals surface area contributed by atoms with Crippen molar-refractivity contribution in [3.8, 4) is 0 Å². The summed E-state index contributed by atoms with van der Waals surface area (Å²) in [6.45, 7) is 0. The van der Waals surface area contributed by atoms with E-state index in [0.717, 1.165) is 0 Å². The molecule has 3 aliphatic carbocycles. The molecule has 0 spiro atoms. The third-order valence-corrected chi connectivity index (χ3v) is 7.29. The second kappa shape index (κ2) is 4.65. The van der Waals surface area contributed by atoms with Gasteiger partial charge in [0.25, 0.3) is 0 Å². The first-order valence-corrected chi connectivity index (χ1v) is 7.79. The molecule has 0 aromatic rings. The number of fused-ring (bicyclic) bond motifs is 2. The minimum Gasteiger partial charge on any atom is -0.350 e. The van der Waals surface area contributed by atoms with Gasteiger partial charge in [-0.2, -0.15) is 0 Å². The van der Waals surface area contributed by atoms with Crippen LogP contribution in [0.2, 0.25) is 0 Å². The van der Waals surface area contributed by atoms with Crippen molar-refractivity contribution in [3.05, 3.63) is 34.4 Å². The van der Waals surface area contributed by atoms with Gasteiger partial charge >= 0.3 is 0 Å². The van der Waals surface area contributed by atoms with E-state index in [2.05, 4.69) is 12.2 Å². The van der Waals surface area contributed by atoms with Gasteiger partial charge in [0.05, 0.1) is 10.1 Å². The second-order valence-corrected chi connectivity index (χ2v) is 7.32. The van der Waals surface area contributed by atoms with Crippen LogP contribution in [0.4, 0.5) is 0 Å². The first kappa shape index (κ1) is 15.2. The number of allylic oxidation sites excluding steroid dienone is 4. The van der Waals surface area contributed by atoms with Crippen LogP contribution >= 0.6 is 46.4 Å². The van der Waals surface area contributed by atoms with Crippen LogP contribution in [0.1, 0.15) is 6.42 Å². The summed E-state index contributed by atoms with van der Waals surface area (Å²) < 4.78 is 11.3. The fourth-order valence-corrected chi connectivity index (χ4v) is 5.93. The molecule has 0 radical (unpaired) electrons. The minimum atomic E-state index is -1.27. The molecule has 0 saturated heterocycles. The van der Waals surface area contributed by atoms with Crippen molar-refractivity contribution < 1.29 is 9.47 Å². The molecule has 2 bridgehead atoms. The molecule has 20 heavy (non-hydrogen) atoms. The molecular weight excluding hydrogens is 342 g/mol. The molecule has 1 saturated carbocycles. The summed E-state index contributed by atoms with van der Waals surface area (Å²) in [5.74, 6) is -1.19. The Hall–Kier alpha value is 0.300. The normalized spacial score (nSPS) is 42.2. The van der Waals surface area contributed by atoms with Crippen molar-refractivity contribution in [1.82, 2.24) is 0 Å². The Balaban J connectivity index is 2.19. The lowest BCUT2D eigenvalue weighted by atomic mass is 9.81. The largest absolute Gasteiger partial charge is 0.350 e. The van der Waals surface area contributed by atoms with Crippen molar-refractivity contribution in [2.45, 2.75) is 22.0 Å². The maximum absolute atomic E-state index is 6.92. The van der Waals surface area contributed by atoms with Crippen LogP contribution in [0.25, 0.3) is 0 Å². The third kappa shape index (κ3) is 1.41. The maximum Gasteiger partial charge on any atom is 0.217 e. The van der Waals surface area contributed by atoms with Crippen LogP contribution in [0.5, 0.6) is 0 Å². The summed E-state index contributed by atoms with van der Waals surface area (Å²) in [5.41, 5.74) is 0. The Bertz CT molecular complexity index is 525. The smallest absolute Gasteiger partial charge is 0.217 e. The minimum absolute atomic E-state index is 0.0495. The van der Waals surface area contributed by atoms with Gasteiger partial charge < -0.3 is 9.47 Å². The quantitative estimate of drug-likeness (QED) is 0.552. The van der Waals surface area contributed by atoms with Gasteiger partial charge in [-0.15, -0.1) is 23.2 Å². The molecule has 3 rings (SSSR count). The lowest BCUT2D eigenvalue weighted by molar-refractivity contribution is -0.219. The van der Waals surface area contributed by atoms with E-state index in [1.807, 2.05) is 12.2 Å². The molecule has 2 nitrogen and oxygen atoms in total. The molecule has 0 aromatic heterocycles. The number of hydrogen-bond donors (Lipinski definition) is 0. The molecule has 3 aliphatic rings. The topological polar surface area (TPSA) is 18.5 Å². The van der Waals surface area contributed by atoms with Crippen LogP contribution in [0.3, 0.4) is 0 Å². The van der Waals surface area contributed by atoms with Gasteiger partial charge in [-0.05, 0) is 6.42 Å². The SMILES string of the molecule is COC1(OC)C2(Cl)CC(C3C=CC=C3)C1(Cl)C(Cl)=C2Cl. The van der Waals surface area contributed by atoms with E-state index >= 15 is 0 Å². The van der Waals surface area contributed by atoms with E-state index in [1.54, 1.807) is 0 Å². The van der Waals surface area contributed by atoms with E-state index in [-0.39, 0.29) is 11.8 Å². The lowest BCUT2D eigenvalue weighted by Gasteiger charge is -2.41. The van der Waals surface area contributed by atoms with Gasteiger partial charge in [-0.25, -0.2) is 0 Å². The highest BCUT2D eigenvalue weighted by Crippen LogP contribution is 2.73. The summed E-state index contributed by atoms with van der Waals surface area (Å²) in [7, 11) is 3.03.